The molecule has 0 unspecified atom stereocenters. The van der Waals surface area contributed by atoms with Crippen LogP contribution in [0.2, 0.25) is 0 Å². The van der Waals surface area contributed by atoms with Gasteiger partial charge in [0.1, 0.15) is 12.7 Å². The Morgan fingerprint density at radius 3 is 2.13 bits per heavy atom. The predicted molar refractivity (Wildman–Crippen MR) is 298 cm³/mol. The van der Waals surface area contributed by atoms with Gasteiger partial charge in [-0.3, -0.25) is 4.79 Å². The van der Waals surface area contributed by atoms with Crippen molar-refractivity contribution in [3.8, 4) is 11.8 Å². The quantitative estimate of drug-likeness (QED) is 0.101. The summed E-state index contributed by atoms with van der Waals surface area (Å²) in [5.74, 6) is 8.68. The van der Waals surface area contributed by atoms with Crippen LogP contribution in [0.5, 0.6) is 0 Å². The summed E-state index contributed by atoms with van der Waals surface area (Å²) in [7, 11) is 0. The van der Waals surface area contributed by atoms with Gasteiger partial charge < -0.3 is 24.8 Å². The minimum Gasteiger partial charge on any atom is -0.462 e. The van der Waals surface area contributed by atoms with Gasteiger partial charge in [-0.2, -0.15) is 0 Å². The molecule has 2 aromatic rings. The number of carbonyl (C=O) groups is 2. The summed E-state index contributed by atoms with van der Waals surface area (Å²) in [5, 5.41) is 41.2. The van der Waals surface area contributed by atoms with Gasteiger partial charge in [0.25, 0.3) is 0 Å². The predicted octanol–water partition coefficient (Wildman–Crippen LogP) is 14.3. The number of rotatable bonds is 18. The maximum Gasteiger partial charge on any atom is 0.331 e. The Labute approximate surface area is 452 Å². The monoisotopic (exact) mass is 1020 g/mol. The Bertz CT molecular complexity index is 2390. The van der Waals surface area contributed by atoms with Gasteiger partial charge in [0, 0.05) is 24.8 Å². The van der Waals surface area contributed by atoms with E-state index in [0.29, 0.717) is 54.3 Å². The number of ether oxygens (including phenoxy) is 2. The second kappa shape index (κ2) is 22.0. The largest absolute Gasteiger partial charge is 0.462 e. The summed E-state index contributed by atoms with van der Waals surface area (Å²) in [6.07, 6.45) is 26.4. The van der Waals surface area contributed by atoms with Crippen LogP contribution in [0.25, 0.3) is 0 Å². The van der Waals surface area contributed by atoms with E-state index < -0.39 is 46.1 Å². The number of fused-ring (bicyclic) bond motifs is 4. The Morgan fingerprint density at radius 2 is 1.44 bits per heavy atom. The Balaban J connectivity index is 0.961. The van der Waals surface area contributed by atoms with Crippen molar-refractivity contribution < 1.29 is 34.4 Å². The number of aryl methyl sites for hydroxylation is 2. The number of hydrogen-bond acceptors (Lipinski definition) is 7. The van der Waals surface area contributed by atoms with E-state index in [4.69, 9.17) is 9.47 Å². The van der Waals surface area contributed by atoms with Crippen molar-refractivity contribution in [1.29, 1.82) is 0 Å². The highest BCUT2D eigenvalue weighted by molar-refractivity contribution is 5.85. The lowest BCUT2D eigenvalue weighted by atomic mass is 9.35. The number of aliphatic hydroxyl groups is 3. The van der Waals surface area contributed by atoms with Gasteiger partial charge in [-0.05, 0) is 216 Å². The van der Waals surface area contributed by atoms with Crippen LogP contribution in [-0.2, 0) is 31.9 Å². The van der Waals surface area contributed by atoms with Crippen molar-refractivity contribution >= 4 is 11.9 Å². The molecule has 3 spiro atoms. The molecule has 0 amide bonds. The van der Waals surface area contributed by atoms with E-state index in [1.54, 1.807) is 6.08 Å². The average molecular weight is 1030 g/mol. The van der Waals surface area contributed by atoms with Crippen molar-refractivity contribution in [1.82, 2.24) is 0 Å². The molecule has 0 radical (unpaired) electrons. The first-order chi connectivity index (χ1) is 35.9. The first kappa shape index (κ1) is 54.9. The van der Waals surface area contributed by atoms with Crippen LogP contribution in [0, 0.1) is 79.8 Å². The number of hydrogen-bond donors (Lipinski definition) is 3. The molecule has 2 bridgehead atoms. The summed E-state index contributed by atoms with van der Waals surface area (Å²) in [4.78, 5) is 26.5. The number of benzene rings is 2. The highest BCUT2D eigenvalue weighted by atomic mass is 16.5. The average Bonchev–Trinajstić information content (AvgIpc) is 4.19. The molecule has 2 heterocycles. The lowest BCUT2D eigenvalue weighted by Gasteiger charge is -2.72. The topological polar surface area (TPSA) is 113 Å². The smallest absolute Gasteiger partial charge is 0.331 e. The van der Waals surface area contributed by atoms with Gasteiger partial charge in [-0.15, -0.1) is 5.92 Å². The maximum absolute atomic E-state index is 14.4. The normalized spacial score (nSPS) is 40.1. The molecule has 6 saturated carbocycles. The molecule has 2 aromatic carbocycles. The third kappa shape index (κ3) is 10.6. The third-order valence-electron chi connectivity index (χ3n) is 23.2. The summed E-state index contributed by atoms with van der Waals surface area (Å²) in [6.45, 7) is 11.6. The lowest BCUT2D eigenvalue weighted by molar-refractivity contribution is -0.339. The first-order valence-electron chi connectivity index (χ1n) is 30.7. The van der Waals surface area contributed by atoms with Gasteiger partial charge in [-0.1, -0.05) is 114 Å². The summed E-state index contributed by atoms with van der Waals surface area (Å²) in [6, 6.07) is 21.9. The van der Waals surface area contributed by atoms with Crippen molar-refractivity contribution in [3.05, 3.63) is 83.4 Å². The van der Waals surface area contributed by atoms with E-state index in [1.807, 2.05) is 6.92 Å². The van der Waals surface area contributed by atoms with E-state index in [1.165, 1.54) is 94.6 Å². The zero-order valence-corrected chi connectivity index (χ0v) is 47.0. The van der Waals surface area contributed by atoms with E-state index in [0.717, 1.165) is 74.7 Å². The van der Waals surface area contributed by atoms with Gasteiger partial charge in [0.15, 0.2) is 0 Å². The third-order valence-corrected chi connectivity index (χ3v) is 23.2. The Hall–Kier alpha value is -3.44. The minimum absolute atomic E-state index is 0.172. The zero-order chi connectivity index (χ0) is 52.7. The van der Waals surface area contributed by atoms with Gasteiger partial charge in [-0.25, -0.2) is 4.79 Å². The summed E-state index contributed by atoms with van der Waals surface area (Å²) in [5.41, 5.74) is 0.110. The second-order valence-corrected chi connectivity index (χ2v) is 28.2. The van der Waals surface area contributed by atoms with Crippen LogP contribution in [-0.4, -0.2) is 57.8 Å². The van der Waals surface area contributed by atoms with E-state index >= 15 is 0 Å². The molecule has 6 aliphatic carbocycles. The van der Waals surface area contributed by atoms with Crippen LogP contribution in [0.15, 0.2) is 72.3 Å². The van der Waals surface area contributed by atoms with Crippen LogP contribution in [0.4, 0.5) is 0 Å². The fraction of sp³-hybridized carbons (Fsp3) is 0.735. The molecule has 3 N–H and O–H groups in total. The number of cyclic esters (lactones) is 1. The van der Waals surface area contributed by atoms with E-state index in [2.05, 4.69) is 100 Å². The highest BCUT2D eigenvalue weighted by Crippen LogP contribution is 2.75. The summed E-state index contributed by atoms with van der Waals surface area (Å²) >= 11 is 0. The molecule has 410 valence electrons. The summed E-state index contributed by atoms with van der Waals surface area (Å²) < 4.78 is 12.2. The standard InChI is InChI=1S/C68H96O7/c1-48(2)22-24-52-28-35-65(42-52)39-40-66(47-65)46-64(43-55(66)26-25-51-18-10-7-11-19-51)36-30-54(31-37-64)63(5)34-32-58(70)68(57(69)27-23-49(3)15-14-20-50-16-8-6-9-17-50)61(63)56-44-62(4,33-13-12-21-59(71)75-56)67(68,73)38-29-53-41-60(72)74-45-53/h6-11,16-19,41,48-49,52,54-58,61,69-70,73H,12,14-15,20-32,34-40,42-47H2,1-5H3/t49-,52+,54?,55+,56-,57-,58+,61+,62+,63+,64?,65+,66+,67-,68+/m1/s1. The van der Waals surface area contributed by atoms with Crippen molar-refractivity contribution in [2.24, 2.45) is 68.0 Å². The number of aliphatic hydroxyl groups excluding tert-OH is 2. The van der Waals surface area contributed by atoms with Crippen LogP contribution < -0.4 is 0 Å². The zero-order valence-electron chi connectivity index (χ0n) is 47.0. The van der Waals surface area contributed by atoms with Crippen LogP contribution in [0.1, 0.15) is 213 Å². The van der Waals surface area contributed by atoms with Gasteiger partial charge >= 0.3 is 11.9 Å². The molecule has 13 atom stereocenters. The van der Waals surface area contributed by atoms with Crippen molar-refractivity contribution in [2.45, 2.75) is 238 Å². The molecule has 2 aliphatic heterocycles. The van der Waals surface area contributed by atoms with Crippen LogP contribution >= 0.6 is 0 Å². The molecule has 8 aliphatic rings. The molecule has 7 heteroatoms. The lowest BCUT2D eigenvalue weighted by Crippen LogP contribution is -2.79. The maximum atomic E-state index is 14.4. The molecule has 0 saturated heterocycles. The van der Waals surface area contributed by atoms with Crippen molar-refractivity contribution in [2.75, 3.05) is 6.61 Å². The van der Waals surface area contributed by atoms with E-state index in [-0.39, 0.29) is 37.3 Å². The molecular weight excluding hydrogens is 929 g/mol. The number of esters is 2. The molecule has 10 rings (SSSR count). The second-order valence-electron chi connectivity index (χ2n) is 28.2. The SMILES string of the molecule is CC(C)CC[C@H]1CC[C@]2(CC[C@]3(CC4(CCC([C@]5(C)CC[C@H](O)[C@@]6([C@H](O)CC[C@H](C)CCCc7ccccc7)[C@H]5[C@H]5C[C@](C)(C#CCCC(=O)O5)[C@]6(O)CCC5=CC(=O)OC5)CC4)C[C@@H]3CCc3ccccc3)C2)C1. The molecular formula is C68H96O7. The first-order valence-corrected chi connectivity index (χ1v) is 30.7. The Kier molecular flexibility index (Phi) is 16.1. The Morgan fingerprint density at radius 1 is 0.747 bits per heavy atom. The number of carbonyl (C=O) groups excluding carboxylic acids is 2. The fourth-order valence-corrected chi connectivity index (χ4v) is 19.5. The molecule has 7 nitrogen and oxygen atoms in total. The minimum atomic E-state index is -1.69. The van der Waals surface area contributed by atoms with Crippen LogP contribution in [0.3, 0.4) is 0 Å². The molecule has 6 fully saturated rings. The van der Waals surface area contributed by atoms with Gasteiger partial charge in [0.05, 0.1) is 35.1 Å². The highest BCUT2D eigenvalue weighted by Gasteiger charge is 2.78. The fourth-order valence-electron chi connectivity index (χ4n) is 19.5. The van der Waals surface area contributed by atoms with Crippen molar-refractivity contribution in [3.63, 3.8) is 0 Å². The molecule has 75 heavy (non-hydrogen) atoms. The van der Waals surface area contributed by atoms with E-state index in [9.17, 15) is 24.9 Å². The van der Waals surface area contributed by atoms with Gasteiger partial charge in [0.2, 0.25) is 0 Å². The molecule has 0 aromatic heterocycles.